The highest BCUT2D eigenvalue weighted by Crippen LogP contribution is 2.16. The van der Waals surface area contributed by atoms with Crippen LogP contribution in [0.5, 0.6) is 0 Å². The Kier molecular flexibility index (Phi) is 4.14. The predicted octanol–water partition coefficient (Wildman–Crippen LogP) is 3.11. The Hall–Kier alpha value is -3.02. The second-order valence-electron chi connectivity index (χ2n) is 5.07. The van der Waals surface area contributed by atoms with Gasteiger partial charge < -0.3 is 9.84 Å². The maximum atomic E-state index is 13.1. The molecule has 1 N–H and O–H groups in total. The summed E-state index contributed by atoms with van der Waals surface area (Å²) in [5.74, 6) is -0.123. The van der Waals surface area contributed by atoms with Crippen LogP contribution in [0, 0.1) is 12.7 Å². The highest BCUT2D eigenvalue weighted by Gasteiger charge is 2.11. The molecular weight excluding hydrogens is 297 g/mol. The van der Waals surface area contributed by atoms with E-state index >= 15 is 0 Å². The molecule has 0 bridgehead atoms. The van der Waals surface area contributed by atoms with Crippen LogP contribution in [0.15, 0.2) is 53.1 Å². The molecule has 1 heterocycles. The van der Waals surface area contributed by atoms with Crippen LogP contribution in [-0.4, -0.2) is 16.0 Å². The number of benzene rings is 2. The van der Waals surface area contributed by atoms with Crippen molar-refractivity contribution in [1.82, 2.24) is 15.5 Å². The zero-order chi connectivity index (χ0) is 16.2. The highest BCUT2D eigenvalue weighted by atomic mass is 19.1. The average molecular weight is 311 g/mol. The molecule has 6 heteroatoms. The summed E-state index contributed by atoms with van der Waals surface area (Å²) in [5, 5.41) is 6.50. The van der Waals surface area contributed by atoms with Gasteiger partial charge in [-0.3, -0.25) is 4.79 Å². The van der Waals surface area contributed by atoms with Crippen LogP contribution in [-0.2, 0) is 6.54 Å². The second-order valence-corrected chi connectivity index (χ2v) is 5.07. The number of hydrogen-bond donors (Lipinski definition) is 1. The zero-order valence-corrected chi connectivity index (χ0v) is 12.4. The molecule has 0 aliphatic carbocycles. The highest BCUT2D eigenvalue weighted by molar-refractivity contribution is 5.94. The maximum absolute atomic E-state index is 13.1. The molecule has 0 unspecified atom stereocenters. The quantitative estimate of drug-likeness (QED) is 0.804. The molecule has 1 amide bonds. The van der Waals surface area contributed by atoms with Gasteiger partial charge in [0.25, 0.3) is 5.91 Å². The van der Waals surface area contributed by atoms with Gasteiger partial charge in [0.15, 0.2) is 0 Å². The van der Waals surface area contributed by atoms with Crippen LogP contribution in [0.25, 0.3) is 11.4 Å². The number of halogens is 1. The van der Waals surface area contributed by atoms with E-state index in [2.05, 4.69) is 15.5 Å². The Morgan fingerprint density at radius 3 is 2.74 bits per heavy atom. The minimum absolute atomic E-state index is 0.0776. The molecule has 0 aliphatic rings. The van der Waals surface area contributed by atoms with Crippen LogP contribution in [0.2, 0.25) is 0 Å². The Morgan fingerprint density at radius 2 is 2.00 bits per heavy atom. The lowest BCUT2D eigenvalue weighted by Crippen LogP contribution is -2.23. The van der Waals surface area contributed by atoms with Crippen molar-refractivity contribution in [2.45, 2.75) is 13.5 Å². The molecule has 0 radical (unpaired) electrons. The molecule has 5 nitrogen and oxygen atoms in total. The van der Waals surface area contributed by atoms with Crippen LogP contribution in [0.4, 0.5) is 4.39 Å². The summed E-state index contributed by atoms with van der Waals surface area (Å²) in [6, 6.07) is 13.2. The molecule has 3 rings (SSSR count). The standard InChI is InChI=1S/C17H14FN3O2/c1-11-5-7-12(8-6-11)16-20-15(23-21-16)10-19-17(22)13-3-2-4-14(18)9-13/h2-9H,10H2,1H3,(H,19,22). The average Bonchev–Trinajstić information content (AvgIpc) is 3.02. The Labute approximate surface area is 132 Å². The molecule has 0 atom stereocenters. The molecule has 0 saturated carbocycles. The first-order chi connectivity index (χ1) is 11.1. The van der Waals surface area contributed by atoms with Crippen LogP contribution >= 0.6 is 0 Å². The number of carbonyl (C=O) groups excluding carboxylic acids is 1. The van der Waals surface area contributed by atoms with Crippen LogP contribution in [0.1, 0.15) is 21.8 Å². The summed E-state index contributed by atoms with van der Waals surface area (Å²) in [5.41, 5.74) is 2.21. The van der Waals surface area contributed by atoms with Gasteiger partial charge >= 0.3 is 0 Å². The maximum Gasteiger partial charge on any atom is 0.251 e. The first kappa shape index (κ1) is 14.9. The number of carbonyl (C=O) groups is 1. The number of aromatic nitrogens is 2. The minimum Gasteiger partial charge on any atom is -0.343 e. The van der Waals surface area contributed by atoms with Gasteiger partial charge in [-0.2, -0.15) is 4.98 Å². The van der Waals surface area contributed by atoms with Crippen molar-refractivity contribution in [3.8, 4) is 11.4 Å². The molecule has 0 aliphatic heterocycles. The lowest BCUT2D eigenvalue weighted by molar-refractivity contribution is 0.0946. The van der Waals surface area contributed by atoms with Crippen molar-refractivity contribution in [2.24, 2.45) is 0 Å². The van der Waals surface area contributed by atoms with Gasteiger partial charge in [0.05, 0.1) is 6.54 Å². The van der Waals surface area contributed by atoms with E-state index in [9.17, 15) is 9.18 Å². The van der Waals surface area contributed by atoms with E-state index in [-0.39, 0.29) is 18.0 Å². The fourth-order valence-corrected chi connectivity index (χ4v) is 2.03. The van der Waals surface area contributed by atoms with Crippen LogP contribution < -0.4 is 5.32 Å². The fraction of sp³-hybridized carbons (Fsp3) is 0.118. The van der Waals surface area contributed by atoms with E-state index in [1.54, 1.807) is 0 Å². The summed E-state index contributed by atoms with van der Waals surface area (Å²) in [6.45, 7) is 2.07. The predicted molar refractivity (Wildman–Crippen MR) is 82.0 cm³/mol. The van der Waals surface area contributed by atoms with Crippen molar-refractivity contribution in [2.75, 3.05) is 0 Å². The third kappa shape index (κ3) is 3.60. The molecule has 116 valence electrons. The van der Waals surface area contributed by atoms with Crippen molar-refractivity contribution in [3.63, 3.8) is 0 Å². The fourth-order valence-electron chi connectivity index (χ4n) is 2.03. The smallest absolute Gasteiger partial charge is 0.251 e. The van der Waals surface area contributed by atoms with E-state index in [1.807, 2.05) is 31.2 Å². The molecule has 1 aromatic heterocycles. The number of aryl methyl sites for hydroxylation is 1. The molecule has 2 aromatic carbocycles. The van der Waals surface area contributed by atoms with Gasteiger partial charge in [-0.25, -0.2) is 4.39 Å². The first-order valence-electron chi connectivity index (χ1n) is 7.05. The lowest BCUT2D eigenvalue weighted by atomic mass is 10.1. The molecule has 0 saturated heterocycles. The Balaban J connectivity index is 1.65. The number of hydrogen-bond acceptors (Lipinski definition) is 4. The number of rotatable bonds is 4. The number of nitrogens with one attached hydrogen (secondary N) is 1. The Morgan fingerprint density at radius 1 is 1.22 bits per heavy atom. The minimum atomic E-state index is -0.461. The normalized spacial score (nSPS) is 10.5. The van der Waals surface area contributed by atoms with Gasteiger partial charge in [0, 0.05) is 11.1 Å². The summed E-state index contributed by atoms with van der Waals surface area (Å²) in [6.07, 6.45) is 0. The summed E-state index contributed by atoms with van der Waals surface area (Å²) >= 11 is 0. The van der Waals surface area contributed by atoms with Gasteiger partial charge in [0.1, 0.15) is 5.82 Å². The number of nitrogens with zero attached hydrogens (tertiary/aromatic N) is 2. The summed E-state index contributed by atoms with van der Waals surface area (Å²) in [7, 11) is 0. The third-order valence-corrected chi connectivity index (χ3v) is 3.26. The second kappa shape index (κ2) is 6.39. The van der Waals surface area contributed by atoms with Gasteiger partial charge in [-0.1, -0.05) is 41.1 Å². The molecule has 23 heavy (non-hydrogen) atoms. The largest absolute Gasteiger partial charge is 0.343 e. The molecule has 0 fully saturated rings. The monoisotopic (exact) mass is 311 g/mol. The topological polar surface area (TPSA) is 68.0 Å². The molecule has 0 spiro atoms. The molecule has 3 aromatic rings. The number of amides is 1. The van der Waals surface area contributed by atoms with Crippen molar-refractivity contribution in [3.05, 3.63) is 71.4 Å². The van der Waals surface area contributed by atoms with Crippen molar-refractivity contribution < 1.29 is 13.7 Å². The van der Waals surface area contributed by atoms with Gasteiger partial charge in [-0.05, 0) is 25.1 Å². The van der Waals surface area contributed by atoms with Gasteiger partial charge in [-0.15, -0.1) is 0 Å². The van der Waals surface area contributed by atoms with E-state index < -0.39 is 11.7 Å². The van der Waals surface area contributed by atoms with E-state index in [0.717, 1.165) is 11.1 Å². The summed E-state index contributed by atoms with van der Waals surface area (Å²) in [4.78, 5) is 16.1. The van der Waals surface area contributed by atoms with Gasteiger partial charge in [0.2, 0.25) is 11.7 Å². The Bertz CT molecular complexity index is 828. The first-order valence-corrected chi connectivity index (χ1v) is 7.05. The van der Waals surface area contributed by atoms with E-state index in [4.69, 9.17) is 4.52 Å². The zero-order valence-electron chi connectivity index (χ0n) is 12.4. The van der Waals surface area contributed by atoms with Crippen LogP contribution in [0.3, 0.4) is 0 Å². The van der Waals surface area contributed by atoms with E-state index in [1.165, 1.54) is 24.3 Å². The van der Waals surface area contributed by atoms with E-state index in [0.29, 0.717) is 5.82 Å². The molecular formula is C17H14FN3O2. The lowest BCUT2D eigenvalue weighted by Gasteiger charge is -2.02. The van der Waals surface area contributed by atoms with Crippen molar-refractivity contribution in [1.29, 1.82) is 0 Å². The third-order valence-electron chi connectivity index (χ3n) is 3.26. The SMILES string of the molecule is Cc1ccc(-c2noc(CNC(=O)c3cccc(F)c3)n2)cc1. The van der Waals surface area contributed by atoms with Crippen molar-refractivity contribution >= 4 is 5.91 Å². The summed E-state index contributed by atoms with van der Waals surface area (Å²) < 4.78 is 18.2.